The molecule has 0 aliphatic rings. The van der Waals surface area contributed by atoms with Crippen LogP contribution >= 0.6 is 0 Å². The summed E-state index contributed by atoms with van der Waals surface area (Å²) in [6, 6.07) is 11.3. The maximum Gasteiger partial charge on any atom is 0.274 e. The third-order valence-corrected chi connectivity index (χ3v) is 6.22. The third-order valence-electron chi connectivity index (χ3n) is 6.22. The predicted octanol–water partition coefficient (Wildman–Crippen LogP) is 3.91. The van der Waals surface area contributed by atoms with E-state index in [1.54, 1.807) is 45.9 Å². The average Bonchev–Trinajstić information content (AvgIpc) is 3.34. The number of nitrogens with zero attached hydrogens (tertiary/aromatic N) is 2. The zero-order valence-corrected chi connectivity index (χ0v) is 22.3. The van der Waals surface area contributed by atoms with Crippen LogP contribution in [0.3, 0.4) is 0 Å². The molecule has 3 aromatic heterocycles. The molecule has 0 aliphatic carbocycles. The van der Waals surface area contributed by atoms with Crippen LogP contribution in [-0.4, -0.2) is 46.7 Å². The molecule has 3 heterocycles. The van der Waals surface area contributed by atoms with Crippen LogP contribution in [0.4, 0.5) is 0 Å². The number of benzene rings is 1. The van der Waals surface area contributed by atoms with Gasteiger partial charge in [-0.05, 0) is 43.2 Å². The molecule has 38 heavy (non-hydrogen) atoms. The van der Waals surface area contributed by atoms with Crippen molar-refractivity contribution in [3.05, 3.63) is 81.4 Å². The second kappa shape index (κ2) is 11.4. The Hall–Kier alpha value is -4.37. The molecule has 1 aromatic carbocycles. The van der Waals surface area contributed by atoms with Crippen molar-refractivity contribution in [2.24, 2.45) is 14.1 Å². The Morgan fingerprint density at radius 3 is 2.53 bits per heavy atom. The van der Waals surface area contributed by atoms with E-state index in [9.17, 15) is 9.59 Å². The number of H-pyrrole nitrogens is 1. The quantitative estimate of drug-likeness (QED) is 0.219. The molecule has 0 amide bonds. The lowest BCUT2D eigenvalue weighted by Crippen LogP contribution is -2.18. The van der Waals surface area contributed by atoms with E-state index in [1.165, 1.54) is 15.3 Å². The molecule has 0 radical (unpaired) electrons. The van der Waals surface area contributed by atoms with Gasteiger partial charge in [0.15, 0.2) is 0 Å². The molecular weight excluding hydrogens is 482 g/mol. The Labute approximate surface area is 220 Å². The molecule has 0 unspecified atom stereocenters. The fourth-order valence-corrected chi connectivity index (χ4v) is 4.24. The molecule has 3 N–H and O–H groups in total. The molecule has 0 saturated carbocycles. The number of rotatable bonds is 10. The minimum Gasteiger partial charge on any atom is -0.491 e. The van der Waals surface area contributed by atoms with Gasteiger partial charge in [0.2, 0.25) is 0 Å². The van der Waals surface area contributed by atoms with Crippen LogP contribution in [0, 0.1) is 5.41 Å². The van der Waals surface area contributed by atoms with Crippen LogP contribution in [0.5, 0.6) is 5.75 Å². The van der Waals surface area contributed by atoms with Gasteiger partial charge < -0.3 is 34.3 Å². The molecule has 0 atom stereocenters. The Kier molecular flexibility index (Phi) is 7.97. The predicted molar refractivity (Wildman–Crippen MR) is 152 cm³/mol. The fraction of sp³-hybridized carbons (Fsp3) is 0.276. The normalized spacial score (nSPS) is 11.8. The van der Waals surface area contributed by atoms with Gasteiger partial charge in [0.05, 0.1) is 6.61 Å². The van der Waals surface area contributed by atoms with Gasteiger partial charge in [-0.3, -0.25) is 9.59 Å². The maximum atomic E-state index is 13.1. The molecule has 198 valence electrons. The maximum absolute atomic E-state index is 13.1. The van der Waals surface area contributed by atoms with Gasteiger partial charge in [-0.1, -0.05) is 12.1 Å². The van der Waals surface area contributed by atoms with Gasteiger partial charge >= 0.3 is 0 Å². The number of hydrogen-bond acceptors (Lipinski definition) is 6. The number of ether oxygens (including phenoxy) is 2. The average molecular weight is 516 g/mol. The first-order valence-corrected chi connectivity index (χ1v) is 12.4. The van der Waals surface area contributed by atoms with E-state index in [4.69, 9.17) is 14.9 Å². The van der Waals surface area contributed by atoms with Gasteiger partial charge in [-0.25, -0.2) is 0 Å². The van der Waals surface area contributed by atoms with E-state index in [1.807, 2.05) is 44.2 Å². The van der Waals surface area contributed by atoms with Crippen LogP contribution < -0.4 is 21.2 Å². The van der Waals surface area contributed by atoms with Crippen LogP contribution in [0.25, 0.3) is 38.7 Å². The number of hydrogen-bond donors (Lipinski definition) is 3. The van der Waals surface area contributed by atoms with Gasteiger partial charge in [0.25, 0.3) is 11.1 Å². The summed E-state index contributed by atoms with van der Waals surface area (Å²) < 4.78 is 13.9. The third kappa shape index (κ3) is 5.47. The topological polar surface area (TPSA) is 114 Å². The first-order valence-electron chi connectivity index (χ1n) is 12.4. The summed E-state index contributed by atoms with van der Waals surface area (Å²) in [5, 5.41) is 11.8. The Bertz CT molecular complexity index is 1620. The van der Waals surface area contributed by atoms with E-state index < -0.39 is 0 Å². The van der Waals surface area contributed by atoms with Crippen LogP contribution in [0.2, 0.25) is 0 Å². The number of pyridine rings is 2. The summed E-state index contributed by atoms with van der Waals surface area (Å²) in [5.74, 6) is 0.687. The van der Waals surface area contributed by atoms with Gasteiger partial charge in [-0.2, -0.15) is 0 Å². The molecular formula is C29H33N5O4. The van der Waals surface area contributed by atoms with E-state index in [0.717, 1.165) is 16.7 Å². The molecule has 0 saturated heterocycles. The second-order valence-electron chi connectivity index (χ2n) is 9.41. The second-order valence-corrected chi connectivity index (χ2v) is 9.41. The summed E-state index contributed by atoms with van der Waals surface area (Å²) in [5.41, 5.74) is 4.37. The molecule has 4 aromatic rings. The number of aromatic amines is 1. The monoisotopic (exact) mass is 515 g/mol. The smallest absolute Gasteiger partial charge is 0.274 e. The molecule has 9 nitrogen and oxygen atoms in total. The van der Waals surface area contributed by atoms with Crippen molar-refractivity contribution in [3.63, 3.8) is 0 Å². The van der Waals surface area contributed by atoms with Crippen LogP contribution in [-0.2, 0) is 18.8 Å². The van der Waals surface area contributed by atoms with Gasteiger partial charge in [0, 0.05) is 85.9 Å². The fourth-order valence-electron chi connectivity index (χ4n) is 4.24. The molecule has 0 fully saturated rings. The lowest BCUT2D eigenvalue weighted by atomic mass is 9.95. The summed E-state index contributed by atoms with van der Waals surface area (Å²) in [4.78, 5) is 29.1. The Morgan fingerprint density at radius 1 is 1.05 bits per heavy atom. The minimum absolute atomic E-state index is 0.171. The Morgan fingerprint density at radius 2 is 1.82 bits per heavy atom. The van der Waals surface area contributed by atoms with E-state index in [-0.39, 0.29) is 17.2 Å². The van der Waals surface area contributed by atoms with Gasteiger partial charge in [0.1, 0.15) is 17.9 Å². The highest BCUT2D eigenvalue weighted by Gasteiger charge is 2.18. The summed E-state index contributed by atoms with van der Waals surface area (Å²) in [7, 11) is 5.02. The van der Waals surface area contributed by atoms with Crippen LogP contribution in [0.15, 0.2) is 64.6 Å². The lowest BCUT2D eigenvalue weighted by molar-refractivity contribution is 0.146. The highest BCUT2D eigenvalue weighted by atomic mass is 16.5. The number of allylic oxidation sites excluding steroid dienone is 1. The van der Waals surface area contributed by atoms with E-state index in [2.05, 4.69) is 10.3 Å². The van der Waals surface area contributed by atoms with Crippen LogP contribution in [0.1, 0.15) is 19.5 Å². The highest BCUT2D eigenvalue weighted by Crippen LogP contribution is 2.36. The number of aromatic nitrogens is 3. The van der Waals surface area contributed by atoms with Crippen molar-refractivity contribution < 1.29 is 9.47 Å². The van der Waals surface area contributed by atoms with E-state index >= 15 is 0 Å². The first-order chi connectivity index (χ1) is 18.2. The van der Waals surface area contributed by atoms with E-state index in [0.29, 0.717) is 46.7 Å². The molecule has 0 aliphatic heterocycles. The van der Waals surface area contributed by atoms with Crippen molar-refractivity contribution in [2.75, 3.05) is 20.3 Å². The number of methoxy groups -OCH3 is 1. The number of fused-ring (bicyclic) bond motifs is 1. The van der Waals surface area contributed by atoms with Gasteiger partial charge in [-0.15, -0.1) is 0 Å². The van der Waals surface area contributed by atoms with Crippen molar-refractivity contribution >= 4 is 22.7 Å². The van der Waals surface area contributed by atoms with Crippen molar-refractivity contribution in [1.29, 1.82) is 5.41 Å². The zero-order valence-electron chi connectivity index (χ0n) is 22.3. The number of nitrogens with one attached hydrogen (secondary N) is 3. The molecule has 9 heteroatoms. The summed E-state index contributed by atoms with van der Waals surface area (Å²) >= 11 is 0. The lowest BCUT2D eigenvalue weighted by Gasteiger charge is -2.15. The van der Waals surface area contributed by atoms with Crippen molar-refractivity contribution in [1.82, 2.24) is 19.4 Å². The van der Waals surface area contributed by atoms with Crippen molar-refractivity contribution in [2.45, 2.75) is 19.9 Å². The summed E-state index contributed by atoms with van der Waals surface area (Å²) in [6.07, 6.45) is 6.54. The first kappa shape index (κ1) is 26.7. The summed E-state index contributed by atoms with van der Waals surface area (Å²) in [6.45, 7) is 4.90. The van der Waals surface area contributed by atoms with Crippen molar-refractivity contribution in [3.8, 4) is 28.0 Å². The minimum atomic E-state index is -0.199. The SMILES string of the molecule is COCCOc1cccc(-c2cn(C)c(=O)cc2-c2cn(C)c(=O)c3[nH]c(/C(C=N)=C/NC(C)C)cc23)c1. The molecule has 4 rings (SSSR count). The molecule has 0 spiro atoms. The Balaban J connectivity index is 1.94. The number of aryl methyl sites for hydroxylation is 2. The highest BCUT2D eigenvalue weighted by molar-refractivity contribution is 6.10. The largest absolute Gasteiger partial charge is 0.491 e. The molecule has 0 bridgehead atoms. The zero-order chi connectivity index (χ0) is 27.4. The standard InChI is InChI=1S/C29H33N5O4/c1-18(2)31-15-20(14-30)26-12-23-25(17-34(4)29(36)28(23)32-26)22-13-27(35)33(3)16-24(22)19-7-6-8-21(11-19)38-10-9-37-5/h6-8,11-18,30-32H,9-10H2,1-5H3/b20-15+,30-14?.